The molecule has 1 aliphatic heterocycles. The van der Waals surface area contributed by atoms with Crippen molar-refractivity contribution in [2.24, 2.45) is 5.41 Å². The second-order valence-electron chi connectivity index (χ2n) is 5.16. The fourth-order valence-electron chi connectivity index (χ4n) is 2.16. The molecule has 0 bridgehead atoms. The van der Waals surface area contributed by atoms with E-state index in [-0.39, 0.29) is 0 Å². The Balaban J connectivity index is 2.49. The van der Waals surface area contributed by atoms with Gasteiger partial charge in [0.05, 0.1) is 0 Å². The van der Waals surface area contributed by atoms with Crippen molar-refractivity contribution >= 4 is 7.28 Å². The van der Waals surface area contributed by atoms with E-state index in [9.17, 15) is 0 Å². The van der Waals surface area contributed by atoms with Crippen LogP contribution >= 0.6 is 0 Å². The largest absolute Gasteiger partial charge is 0.120 e. The fraction of sp³-hybridized carbons (Fsp3) is 1.00. The van der Waals surface area contributed by atoms with Gasteiger partial charge in [-0.2, -0.15) is 0 Å². The average molecular weight is 165 g/mol. The van der Waals surface area contributed by atoms with Crippen LogP contribution in [0.25, 0.3) is 0 Å². The van der Waals surface area contributed by atoms with Gasteiger partial charge in [-0.25, -0.2) is 0 Å². The summed E-state index contributed by atoms with van der Waals surface area (Å²) in [7, 11) is 2.50. The Morgan fingerprint density at radius 3 is 2.00 bits per heavy atom. The van der Waals surface area contributed by atoms with Crippen LogP contribution in [0.15, 0.2) is 0 Å². The van der Waals surface area contributed by atoms with Gasteiger partial charge in [-0.3, -0.25) is 0 Å². The smallest absolute Gasteiger partial charge is 0.0727 e. The molecule has 1 saturated heterocycles. The summed E-state index contributed by atoms with van der Waals surface area (Å²) < 4.78 is 0. The van der Waals surface area contributed by atoms with Crippen LogP contribution < -0.4 is 0 Å². The van der Waals surface area contributed by atoms with Gasteiger partial charge in [-0.1, -0.05) is 65.0 Å². The van der Waals surface area contributed by atoms with Gasteiger partial charge < -0.3 is 0 Å². The first kappa shape index (κ1) is 10.1. The van der Waals surface area contributed by atoms with E-state index in [1.165, 1.54) is 19.3 Å². The van der Waals surface area contributed by atoms with E-state index in [4.69, 9.17) is 0 Å². The number of hydrogen-bond donors (Lipinski definition) is 0. The summed E-state index contributed by atoms with van der Waals surface area (Å²) in [6.45, 7) is 11.8. The highest BCUT2D eigenvalue weighted by Gasteiger charge is 2.49. The molecule has 1 fully saturated rings. The van der Waals surface area contributed by atoms with Gasteiger partial charge in [0.25, 0.3) is 0 Å². The second kappa shape index (κ2) is 3.08. The normalized spacial score (nSPS) is 34.6. The van der Waals surface area contributed by atoms with Crippen LogP contribution in [0.3, 0.4) is 0 Å². The molecule has 1 radical (unpaired) electrons. The molecule has 0 aromatic carbocycles. The van der Waals surface area contributed by atoms with Gasteiger partial charge in [0.1, 0.15) is 7.28 Å². The molecule has 0 amide bonds. The second-order valence-corrected chi connectivity index (χ2v) is 5.16. The van der Waals surface area contributed by atoms with Crippen molar-refractivity contribution in [2.75, 3.05) is 0 Å². The Bertz CT molecular complexity index is 160. The monoisotopic (exact) mass is 165 g/mol. The quantitative estimate of drug-likeness (QED) is 0.554. The predicted octanol–water partition coefficient (Wildman–Crippen LogP) is 3.91. The van der Waals surface area contributed by atoms with Crippen LogP contribution in [0, 0.1) is 5.41 Å². The van der Waals surface area contributed by atoms with Crippen molar-refractivity contribution in [3.05, 3.63) is 0 Å². The third-order valence-corrected chi connectivity index (χ3v) is 4.08. The summed E-state index contributed by atoms with van der Waals surface area (Å²) in [4.78, 5) is 0. The van der Waals surface area contributed by atoms with E-state index in [1.807, 2.05) is 0 Å². The third kappa shape index (κ3) is 1.86. The van der Waals surface area contributed by atoms with Crippen molar-refractivity contribution in [3.63, 3.8) is 0 Å². The maximum absolute atomic E-state index is 2.50. The lowest BCUT2D eigenvalue weighted by molar-refractivity contribution is 0.249. The maximum atomic E-state index is 2.50. The molecule has 1 heterocycles. The lowest BCUT2D eigenvalue weighted by atomic mass is 9.71. The lowest BCUT2D eigenvalue weighted by Gasteiger charge is -2.31. The standard InChI is InChI=1S/C11H22B/c1-6-10(4,7-2)8-11(5)9(3)12-11/h9H,6-8H2,1-5H3. The highest BCUT2D eigenvalue weighted by molar-refractivity contribution is 6.56. The highest BCUT2D eigenvalue weighted by atomic mass is 14.4. The van der Waals surface area contributed by atoms with Crippen LogP contribution in [-0.2, 0) is 0 Å². The molecule has 0 aromatic rings. The van der Waals surface area contributed by atoms with Crippen molar-refractivity contribution in [2.45, 2.75) is 65.0 Å². The van der Waals surface area contributed by atoms with Gasteiger partial charge in [0.2, 0.25) is 0 Å². The lowest BCUT2D eigenvalue weighted by Crippen LogP contribution is -2.16. The molecule has 2 atom stereocenters. The number of rotatable bonds is 4. The molecule has 0 nitrogen and oxygen atoms in total. The summed E-state index contributed by atoms with van der Waals surface area (Å²) >= 11 is 0. The van der Waals surface area contributed by atoms with Crippen LogP contribution in [0.5, 0.6) is 0 Å². The summed E-state index contributed by atoms with van der Waals surface area (Å²) in [5.41, 5.74) is 0.579. The molecule has 1 aliphatic rings. The van der Waals surface area contributed by atoms with E-state index in [0.29, 0.717) is 10.7 Å². The fourth-order valence-corrected chi connectivity index (χ4v) is 2.16. The first-order valence-electron chi connectivity index (χ1n) is 5.32. The van der Waals surface area contributed by atoms with Gasteiger partial charge in [-0.05, 0) is 5.41 Å². The van der Waals surface area contributed by atoms with E-state index in [0.717, 1.165) is 5.82 Å². The van der Waals surface area contributed by atoms with Gasteiger partial charge in [0.15, 0.2) is 0 Å². The maximum Gasteiger partial charge on any atom is 0.120 e. The Hall–Kier alpha value is 0.0649. The van der Waals surface area contributed by atoms with Crippen LogP contribution in [-0.4, -0.2) is 7.28 Å². The van der Waals surface area contributed by atoms with Crippen molar-refractivity contribution in [1.82, 2.24) is 0 Å². The predicted molar refractivity (Wildman–Crippen MR) is 56.9 cm³/mol. The molecule has 1 rings (SSSR count). The molecule has 0 saturated carbocycles. The molecule has 69 valence electrons. The SMILES string of the molecule is CCC(C)(CC)CC1(C)[B]C1C. The summed E-state index contributed by atoms with van der Waals surface area (Å²) in [5.74, 6) is 0.856. The van der Waals surface area contributed by atoms with Crippen molar-refractivity contribution in [3.8, 4) is 0 Å². The van der Waals surface area contributed by atoms with E-state index in [2.05, 4.69) is 41.9 Å². The van der Waals surface area contributed by atoms with E-state index >= 15 is 0 Å². The molecular formula is C11H22B. The first-order valence-corrected chi connectivity index (χ1v) is 5.32. The van der Waals surface area contributed by atoms with Crippen LogP contribution in [0.4, 0.5) is 0 Å². The zero-order chi connectivity index (χ0) is 9.41. The Kier molecular flexibility index (Phi) is 2.61. The average Bonchev–Trinajstić information content (AvgIpc) is 2.59. The van der Waals surface area contributed by atoms with E-state index in [1.54, 1.807) is 0 Å². The zero-order valence-corrected chi connectivity index (χ0v) is 9.28. The summed E-state index contributed by atoms with van der Waals surface area (Å²) in [6.07, 6.45) is 4.02. The minimum atomic E-state index is 0.570. The molecule has 0 N–H and O–H groups in total. The molecule has 0 spiro atoms. The Morgan fingerprint density at radius 2 is 1.75 bits per heavy atom. The summed E-state index contributed by atoms with van der Waals surface area (Å²) in [6, 6.07) is 0. The molecule has 2 unspecified atom stereocenters. The topological polar surface area (TPSA) is 0 Å². The van der Waals surface area contributed by atoms with Crippen LogP contribution in [0.2, 0.25) is 11.1 Å². The molecule has 0 aromatic heterocycles. The minimum Gasteiger partial charge on any atom is -0.0727 e. The molecule has 1 heteroatoms. The zero-order valence-electron chi connectivity index (χ0n) is 9.28. The van der Waals surface area contributed by atoms with Gasteiger partial charge in [-0.15, -0.1) is 0 Å². The summed E-state index contributed by atoms with van der Waals surface area (Å²) in [5, 5.41) is 0.570. The van der Waals surface area contributed by atoms with E-state index < -0.39 is 0 Å². The van der Waals surface area contributed by atoms with Crippen molar-refractivity contribution < 1.29 is 0 Å². The highest BCUT2D eigenvalue weighted by Crippen LogP contribution is 2.62. The Labute approximate surface area is 78.4 Å². The first-order chi connectivity index (χ1) is 5.46. The minimum absolute atomic E-state index is 0.570. The molecule has 12 heavy (non-hydrogen) atoms. The van der Waals surface area contributed by atoms with Crippen molar-refractivity contribution in [1.29, 1.82) is 0 Å². The van der Waals surface area contributed by atoms with Gasteiger partial charge >= 0.3 is 0 Å². The number of hydrogen-bond acceptors (Lipinski definition) is 0. The van der Waals surface area contributed by atoms with Crippen LogP contribution in [0.1, 0.15) is 53.9 Å². The van der Waals surface area contributed by atoms with Gasteiger partial charge in [0, 0.05) is 0 Å². The third-order valence-electron chi connectivity index (χ3n) is 4.08. The Morgan fingerprint density at radius 1 is 1.33 bits per heavy atom. The molecule has 0 aliphatic carbocycles. The molecular weight excluding hydrogens is 143 g/mol.